The van der Waals surface area contributed by atoms with Crippen LogP contribution in [0, 0.1) is 12.7 Å². The predicted octanol–water partition coefficient (Wildman–Crippen LogP) is 5.51. The van der Waals surface area contributed by atoms with E-state index in [-0.39, 0.29) is 11.1 Å². The van der Waals surface area contributed by atoms with Crippen LogP contribution in [0.3, 0.4) is 0 Å². The summed E-state index contributed by atoms with van der Waals surface area (Å²) in [5, 5.41) is 3.84. The van der Waals surface area contributed by atoms with Gasteiger partial charge in [0.15, 0.2) is 0 Å². The van der Waals surface area contributed by atoms with Crippen molar-refractivity contribution in [1.82, 2.24) is 5.32 Å². The minimum absolute atomic E-state index is 0.0842. The van der Waals surface area contributed by atoms with Gasteiger partial charge in [0.1, 0.15) is 5.82 Å². The average Bonchev–Trinajstić information content (AvgIpc) is 2.43. The summed E-state index contributed by atoms with van der Waals surface area (Å²) in [6.45, 7) is 1.93. The molecule has 5 heteroatoms. The molecule has 0 aliphatic rings. The minimum Gasteiger partial charge on any atom is -0.309 e. The van der Waals surface area contributed by atoms with E-state index in [4.69, 9.17) is 23.2 Å². The first-order valence-electron chi connectivity index (χ1n) is 6.02. The van der Waals surface area contributed by atoms with Crippen LogP contribution in [-0.2, 0) is 0 Å². The molecule has 0 fully saturated rings. The van der Waals surface area contributed by atoms with E-state index in [1.165, 1.54) is 0 Å². The molecule has 0 bridgehead atoms. The zero-order chi connectivity index (χ0) is 14.9. The van der Waals surface area contributed by atoms with E-state index in [2.05, 4.69) is 21.2 Å². The van der Waals surface area contributed by atoms with Crippen molar-refractivity contribution in [2.75, 3.05) is 7.05 Å². The van der Waals surface area contributed by atoms with Crippen molar-refractivity contribution < 1.29 is 4.39 Å². The fraction of sp³-hybridized carbons (Fsp3) is 0.200. The van der Waals surface area contributed by atoms with E-state index in [0.717, 1.165) is 11.1 Å². The molecule has 1 unspecified atom stereocenters. The quantitative estimate of drug-likeness (QED) is 0.696. The topological polar surface area (TPSA) is 12.0 Å². The van der Waals surface area contributed by atoms with E-state index in [1.54, 1.807) is 19.2 Å². The van der Waals surface area contributed by atoms with Crippen LogP contribution in [0.25, 0.3) is 0 Å². The first-order valence-corrected chi connectivity index (χ1v) is 7.57. The first kappa shape index (κ1) is 15.8. The van der Waals surface area contributed by atoms with Crippen molar-refractivity contribution in [2.45, 2.75) is 13.0 Å². The Morgan fingerprint density at radius 1 is 1.20 bits per heavy atom. The Morgan fingerprint density at radius 3 is 2.50 bits per heavy atom. The Hall–Kier alpha value is -0.610. The number of hydrogen-bond donors (Lipinski definition) is 1. The lowest BCUT2D eigenvalue weighted by Gasteiger charge is -2.19. The summed E-state index contributed by atoms with van der Waals surface area (Å²) in [4.78, 5) is 0. The molecule has 0 aromatic heterocycles. The molecule has 0 aliphatic heterocycles. The molecule has 0 heterocycles. The normalized spacial score (nSPS) is 12.5. The summed E-state index contributed by atoms with van der Waals surface area (Å²) in [6.07, 6.45) is 0. The molecule has 0 aliphatic carbocycles. The van der Waals surface area contributed by atoms with Gasteiger partial charge in [0.2, 0.25) is 0 Å². The molecule has 1 nitrogen and oxygen atoms in total. The molecule has 0 spiro atoms. The molecule has 2 aromatic carbocycles. The van der Waals surface area contributed by atoms with Crippen molar-refractivity contribution in [3.8, 4) is 0 Å². The summed E-state index contributed by atoms with van der Waals surface area (Å²) < 4.78 is 14.9. The standard InChI is InChI=1S/C15H13BrCl2FN/c1-8-3-4-9(7-12(8)17)15(20-2)10-5-6-11(16)13(18)14(10)19/h3-7,15,20H,1-2H3. The molecule has 1 N–H and O–H groups in total. The van der Waals surface area contributed by atoms with Gasteiger partial charge in [-0.25, -0.2) is 4.39 Å². The number of hydrogen-bond acceptors (Lipinski definition) is 1. The highest BCUT2D eigenvalue weighted by Crippen LogP contribution is 2.33. The Labute approximate surface area is 136 Å². The van der Waals surface area contributed by atoms with Crippen molar-refractivity contribution in [1.29, 1.82) is 0 Å². The molecule has 0 amide bonds. The molecule has 106 valence electrons. The minimum atomic E-state index is -0.433. The van der Waals surface area contributed by atoms with Gasteiger partial charge in [0, 0.05) is 15.1 Å². The summed E-state index contributed by atoms with van der Waals surface area (Å²) in [5.41, 5.74) is 2.36. The zero-order valence-corrected chi connectivity index (χ0v) is 14.1. The average molecular weight is 377 g/mol. The van der Waals surface area contributed by atoms with Crippen LogP contribution in [0.2, 0.25) is 10.0 Å². The molecular weight excluding hydrogens is 364 g/mol. The monoisotopic (exact) mass is 375 g/mol. The van der Waals surface area contributed by atoms with Gasteiger partial charge in [-0.3, -0.25) is 0 Å². The molecule has 2 rings (SSSR count). The summed E-state index contributed by atoms with van der Waals surface area (Å²) in [7, 11) is 1.77. The molecule has 0 radical (unpaired) electrons. The Balaban J connectivity index is 2.52. The van der Waals surface area contributed by atoms with Crippen LogP contribution in [0.4, 0.5) is 4.39 Å². The third-order valence-electron chi connectivity index (χ3n) is 3.19. The van der Waals surface area contributed by atoms with Crippen LogP contribution >= 0.6 is 39.1 Å². The van der Waals surface area contributed by atoms with Gasteiger partial charge >= 0.3 is 0 Å². The Kier molecular flexibility index (Phi) is 5.08. The molecule has 0 saturated carbocycles. The van der Waals surface area contributed by atoms with Crippen LogP contribution in [0.1, 0.15) is 22.7 Å². The van der Waals surface area contributed by atoms with Crippen molar-refractivity contribution in [2.24, 2.45) is 0 Å². The second-order valence-corrected chi connectivity index (χ2v) is 6.13. The van der Waals surface area contributed by atoms with E-state index < -0.39 is 5.82 Å². The third-order valence-corrected chi connectivity index (χ3v) is 4.86. The second-order valence-electron chi connectivity index (χ2n) is 4.49. The molecule has 20 heavy (non-hydrogen) atoms. The maximum atomic E-state index is 14.3. The fourth-order valence-electron chi connectivity index (χ4n) is 2.05. The lowest BCUT2D eigenvalue weighted by molar-refractivity contribution is 0.576. The highest BCUT2D eigenvalue weighted by atomic mass is 79.9. The van der Waals surface area contributed by atoms with Crippen LogP contribution in [-0.4, -0.2) is 7.05 Å². The third kappa shape index (κ3) is 3.01. The van der Waals surface area contributed by atoms with Gasteiger partial charge < -0.3 is 5.32 Å². The van der Waals surface area contributed by atoms with Crippen LogP contribution < -0.4 is 5.32 Å². The summed E-state index contributed by atoms with van der Waals surface area (Å²) in [5.74, 6) is -0.433. The van der Waals surface area contributed by atoms with Gasteiger partial charge in [-0.05, 0) is 53.2 Å². The zero-order valence-electron chi connectivity index (χ0n) is 11.0. The van der Waals surface area contributed by atoms with Crippen molar-refractivity contribution >= 4 is 39.1 Å². The fourth-order valence-corrected chi connectivity index (χ4v) is 2.72. The van der Waals surface area contributed by atoms with Crippen molar-refractivity contribution in [3.63, 3.8) is 0 Å². The lowest BCUT2D eigenvalue weighted by atomic mass is 9.97. The lowest BCUT2D eigenvalue weighted by Crippen LogP contribution is -2.19. The van der Waals surface area contributed by atoms with E-state index in [9.17, 15) is 4.39 Å². The molecule has 1 atom stereocenters. The smallest absolute Gasteiger partial charge is 0.148 e. The van der Waals surface area contributed by atoms with Crippen LogP contribution in [0.5, 0.6) is 0 Å². The molecular formula is C15H13BrCl2FN. The largest absolute Gasteiger partial charge is 0.309 e. The number of rotatable bonds is 3. The Morgan fingerprint density at radius 2 is 1.90 bits per heavy atom. The highest BCUT2D eigenvalue weighted by Gasteiger charge is 2.20. The van der Waals surface area contributed by atoms with Gasteiger partial charge in [0.05, 0.1) is 11.1 Å². The predicted molar refractivity (Wildman–Crippen MR) is 86.2 cm³/mol. The summed E-state index contributed by atoms with van der Waals surface area (Å²) in [6, 6.07) is 8.82. The number of halogens is 4. The SMILES string of the molecule is CNC(c1ccc(C)c(Cl)c1)c1ccc(Br)c(Cl)c1F. The second kappa shape index (κ2) is 6.44. The molecule has 2 aromatic rings. The van der Waals surface area contributed by atoms with Crippen molar-refractivity contribution in [3.05, 3.63) is 67.4 Å². The highest BCUT2D eigenvalue weighted by molar-refractivity contribution is 9.10. The number of benzene rings is 2. The maximum Gasteiger partial charge on any atom is 0.148 e. The van der Waals surface area contributed by atoms with Gasteiger partial charge in [-0.1, -0.05) is 41.4 Å². The van der Waals surface area contributed by atoms with Gasteiger partial charge in [-0.2, -0.15) is 0 Å². The Bertz CT molecular complexity index is 646. The van der Waals surface area contributed by atoms with Crippen LogP contribution in [0.15, 0.2) is 34.8 Å². The van der Waals surface area contributed by atoms with E-state index >= 15 is 0 Å². The van der Waals surface area contributed by atoms with E-state index in [1.807, 2.05) is 25.1 Å². The van der Waals surface area contributed by atoms with Gasteiger partial charge in [-0.15, -0.1) is 0 Å². The molecule has 0 saturated heterocycles. The van der Waals surface area contributed by atoms with E-state index in [0.29, 0.717) is 15.1 Å². The number of nitrogens with one attached hydrogen (secondary N) is 1. The number of aryl methyl sites for hydroxylation is 1. The summed E-state index contributed by atoms with van der Waals surface area (Å²) >= 11 is 15.3. The van der Waals surface area contributed by atoms with Gasteiger partial charge in [0.25, 0.3) is 0 Å². The first-order chi connectivity index (χ1) is 9.45. The maximum absolute atomic E-state index is 14.3.